The summed E-state index contributed by atoms with van der Waals surface area (Å²) in [5, 5.41) is 1.39. The Morgan fingerprint density at radius 2 is 0.495 bits per heavy atom. The van der Waals surface area contributed by atoms with Crippen LogP contribution in [0.4, 0.5) is 0 Å². The van der Waals surface area contributed by atoms with Gasteiger partial charge in [0.1, 0.15) is 0 Å². The van der Waals surface area contributed by atoms with Crippen molar-refractivity contribution in [2.75, 3.05) is 6.54 Å². The normalized spacial score (nSPS) is 12.0. The lowest BCUT2D eigenvalue weighted by Crippen LogP contribution is -2.52. The van der Waals surface area contributed by atoms with Crippen LogP contribution in [0.25, 0.3) is 86.2 Å². The molecule has 0 saturated carbocycles. The number of allylic oxidation sites excluding steroid dienone is 4. The molecule has 0 unspecified atom stereocenters. The predicted octanol–water partition coefficient (Wildman–Crippen LogP) is 3.05. The number of benzene rings is 4. The highest BCUT2D eigenvalue weighted by Gasteiger charge is 2.39. The van der Waals surface area contributed by atoms with Gasteiger partial charge in [-0.1, -0.05) is 30.4 Å². The molecule has 0 atom stereocenters. The van der Waals surface area contributed by atoms with Gasteiger partial charge in [-0.2, -0.15) is 0 Å². The highest BCUT2D eigenvalue weighted by molar-refractivity contribution is 6.87. The molecule has 0 fully saturated rings. The van der Waals surface area contributed by atoms with Crippen LogP contribution in [0.3, 0.4) is 0 Å². The highest BCUT2D eigenvalue weighted by Crippen LogP contribution is 2.27. The summed E-state index contributed by atoms with van der Waals surface area (Å²) < 4.78 is 28.6. The van der Waals surface area contributed by atoms with Gasteiger partial charge in [0.15, 0.2) is 16.6 Å². The van der Waals surface area contributed by atoms with E-state index in [0.717, 1.165) is 39.5 Å². The van der Waals surface area contributed by atoms with Crippen molar-refractivity contribution < 1.29 is 17.1 Å². The molecular weight excluding hydrogens is 1310 g/mol. The Labute approximate surface area is 546 Å². The minimum absolute atomic E-state index is 0.0181. The molecule has 8 heterocycles. The van der Waals surface area contributed by atoms with E-state index in [1.807, 2.05) is 13.1 Å². The van der Waals surface area contributed by atoms with Crippen molar-refractivity contribution in [2.45, 2.75) is 103 Å². The van der Waals surface area contributed by atoms with E-state index in [1.165, 1.54) is 60.7 Å². The molecule has 0 bridgehead atoms. The largest absolute Gasteiger partial charge is 0.437 e. The zero-order chi connectivity index (χ0) is 71.2. The molecule has 12 aromatic rings. The van der Waals surface area contributed by atoms with Crippen LogP contribution in [0, 0.1) is 0 Å². The molecule has 97 heavy (non-hydrogen) atoms. The molecule has 2 N–H and O–H groups in total. The fourth-order valence-corrected chi connectivity index (χ4v) is 26.3. The van der Waals surface area contributed by atoms with Crippen LogP contribution in [-0.2, 0) is 47.5 Å². The SMILES string of the molecule is C=CCN.C=CCn1c(=O)c2cc3c(=O)n(CC=C)c(=O)c3cc2c1=O.C=CCn1c(=O)c2cc3c(=O)n(CCC[Si](C)(C)O[Si](C)(C)O[Si](C)(C)CCCn4c(=O)c5cc6c(=O)n(CC=C)c(=O)c6cc5c4=O)c(=O)c3cc2c1=O.O=c1oc(=O)c2cc3c(=O)oc(=O)c3cc12. The van der Waals surface area contributed by atoms with Crippen molar-refractivity contribution in [3.63, 3.8) is 0 Å². The average Bonchev–Trinajstić information content (AvgIpc) is 1.61. The van der Waals surface area contributed by atoms with Gasteiger partial charge in [-0.05, 0) is 113 Å². The average molecular weight is 1370 g/mol. The number of rotatable bonds is 21. The molecule has 0 aliphatic carbocycles. The van der Waals surface area contributed by atoms with Crippen LogP contribution in [0.5, 0.6) is 0 Å². The molecule has 0 aliphatic heterocycles. The highest BCUT2D eigenvalue weighted by atomic mass is 28.5. The first kappa shape index (κ1) is 70.5. The van der Waals surface area contributed by atoms with Crippen LogP contribution >= 0.6 is 0 Å². The number of nitrogens with two attached hydrogens (primary N) is 1. The van der Waals surface area contributed by atoms with Crippen LogP contribution in [-0.4, -0.2) is 59.1 Å². The fraction of sp³-hybridized carbons (Fsp3) is 0.254. The summed E-state index contributed by atoms with van der Waals surface area (Å²) in [5.74, 6) is 0. The Hall–Kier alpha value is -10.8. The quantitative estimate of drug-likeness (QED) is 0.0798. The molecule has 0 radical (unpaired) electrons. The first-order valence-electron chi connectivity index (χ1n) is 30.3. The van der Waals surface area contributed by atoms with Crippen LogP contribution in [0.2, 0.25) is 51.4 Å². The number of furan rings is 2. The maximum Gasteiger partial charge on any atom is 0.346 e. The van der Waals surface area contributed by atoms with Gasteiger partial charge in [-0.15, -0.1) is 32.9 Å². The number of fused-ring (bicyclic) bond motifs is 8. The lowest BCUT2D eigenvalue weighted by Gasteiger charge is -2.38. The monoisotopic (exact) mass is 1370 g/mol. The topological polar surface area (TPSA) is 373 Å². The zero-order valence-electron chi connectivity index (χ0n) is 53.7. The third-order valence-corrected chi connectivity index (χ3v) is 27.8. The lowest BCUT2D eigenvalue weighted by molar-refractivity contribution is 0.385. The van der Waals surface area contributed by atoms with E-state index in [2.05, 4.69) is 67.9 Å². The summed E-state index contributed by atoms with van der Waals surface area (Å²) in [4.78, 5) is 198. The molecular formula is C67H65N7O20Si3. The molecule has 4 aromatic carbocycles. The molecule has 30 heteroatoms. The second kappa shape index (κ2) is 27.2. The zero-order valence-corrected chi connectivity index (χ0v) is 56.7. The van der Waals surface area contributed by atoms with Crippen LogP contribution in [0.1, 0.15) is 12.8 Å². The standard InChI is InChI=1S/C38H44N4O10Si3.C16H12N2O4.C10H2O6.C3H7N/c1-9-13-39-31(43)23-19-27-28(20-24(23)32(39)44)36(48)41(35(27)47)15-11-17-53(3,4)51-55(7,8)52-54(5,6)18-12-16-42-37(49)29-21-25-26(22-30(29)38(42)50)34(46)40(14-10-2)33(25)45;1-3-5-17-13(19)9-7-11-12(8-10(9)14(17)20)16(22)18(6-4-2)15(11)21;11-7-3-1-4-6(10(14)16-8(4)12)2-5(3)9(13)15-7;1-2-3-4/h9-10,19-22H,1-2,11-18H2,3-8H3;3-4,7-8H,1-2,5-6H2;1-2H;2H,1,3-4H2. The van der Waals surface area contributed by atoms with Gasteiger partial charge in [-0.25, -0.2) is 19.2 Å². The Kier molecular flexibility index (Phi) is 19.7. The van der Waals surface area contributed by atoms with Crippen molar-refractivity contribution in [1.82, 2.24) is 27.4 Å². The van der Waals surface area contributed by atoms with Crippen molar-refractivity contribution in [3.8, 4) is 0 Å². The first-order chi connectivity index (χ1) is 45.7. The number of aromatic nitrogens is 6. The minimum atomic E-state index is -2.68. The van der Waals surface area contributed by atoms with E-state index in [-0.39, 0.29) is 125 Å². The van der Waals surface area contributed by atoms with Crippen molar-refractivity contribution in [1.29, 1.82) is 0 Å². The second-order valence-corrected chi connectivity index (χ2v) is 37.0. The van der Waals surface area contributed by atoms with Gasteiger partial charge in [0, 0.05) is 45.8 Å². The van der Waals surface area contributed by atoms with Crippen LogP contribution in [0.15, 0.2) is 197 Å². The summed E-state index contributed by atoms with van der Waals surface area (Å²) >= 11 is 0. The summed E-state index contributed by atoms with van der Waals surface area (Å²) in [6.45, 7) is 30.9. The van der Waals surface area contributed by atoms with E-state index in [4.69, 9.17) is 14.0 Å². The third kappa shape index (κ3) is 13.1. The Morgan fingerprint density at radius 1 is 0.320 bits per heavy atom. The molecule has 12 rings (SSSR count). The van der Waals surface area contributed by atoms with Gasteiger partial charge in [0.2, 0.25) is 0 Å². The molecule has 27 nitrogen and oxygen atoms in total. The van der Waals surface area contributed by atoms with Crippen molar-refractivity contribution >= 4 is 111 Å². The Morgan fingerprint density at radius 3 is 0.670 bits per heavy atom. The summed E-state index contributed by atoms with van der Waals surface area (Å²) in [6, 6.07) is 11.6. The third-order valence-electron chi connectivity index (χ3n) is 16.4. The maximum absolute atomic E-state index is 13.3. The molecule has 500 valence electrons. The molecule has 0 saturated heterocycles. The van der Waals surface area contributed by atoms with E-state index in [1.54, 1.807) is 6.08 Å². The van der Waals surface area contributed by atoms with Gasteiger partial charge in [-0.3, -0.25) is 84.9 Å². The van der Waals surface area contributed by atoms with Crippen molar-refractivity contribution in [3.05, 3.63) is 278 Å². The van der Waals surface area contributed by atoms with Gasteiger partial charge in [0.05, 0.1) is 86.2 Å². The number of hydrogen-bond donors (Lipinski definition) is 1. The minimum Gasteiger partial charge on any atom is -0.437 e. The van der Waals surface area contributed by atoms with Crippen LogP contribution < -0.4 is 94.9 Å². The number of hydrogen-bond acceptors (Lipinski definition) is 21. The summed E-state index contributed by atoms with van der Waals surface area (Å²) in [5.41, 5.74) is -4.39. The molecule has 0 amide bonds. The molecule has 0 spiro atoms. The van der Waals surface area contributed by atoms with Crippen molar-refractivity contribution in [2.24, 2.45) is 5.73 Å². The van der Waals surface area contributed by atoms with Gasteiger partial charge in [0.25, 0.3) is 66.7 Å². The molecule has 0 aliphatic rings. The maximum atomic E-state index is 13.3. The summed E-state index contributed by atoms with van der Waals surface area (Å²) in [6.07, 6.45) is 8.41. The summed E-state index contributed by atoms with van der Waals surface area (Å²) in [7, 11) is -7.41. The Balaban J connectivity index is 0.000000210. The lowest BCUT2D eigenvalue weighted by atomic mass is 10.1. The predicted molar refractivity (Wildman–Crippen MR) is 382 cm³/mol. The van der Waals surface area contributed by atoms with Gasteiger partial charge >= 0.3 is 31.1 Å². The van der Waals surface area contributed by atoms with E-state index >= 15 is 0 Å². The fourth-order valence-electron chi connectivity index (χ4n) is 12.2. The van der Waals surface area contributed by atoms with E-state index in [9.17, 15) is 76.7 Å². The second-order valence-electron chi connectivity index (χ2n) is 24.5. The number of nitrogens with zero attached hydrogens (tertiary/aromatic N) is 6. The molecule has 8 aromatic heterocycles. The Bertz CT molecular complexity index is 5540. The first-order valence-corrected chi connectivity index (χ1v) is 39.3. The van der Waals surface area contributed by atoms with Gasteiger partial charge < -0.3 is 22.8 Å². The smallest absolute Gasteiger partial charge is 0.346 e. The van der Waals surface area contributed by atoms with E-state index in [0.29, 0.717) is 31.5 Å². The van der Waals surface area contributed by atoms with E-state index < -0.39 is 114 Å².